The zero-order chi connectivity index (χ0) is 30.3. The SMILES string of the molecule is C/C(=C\[C@H](C(C)C)N(C)C(=O)C(NC(=O)C1CCCCN1C)C(C)C)C(=O)N1CCCC1C(=O)OC1CCCCC1. The van der Waals surface area contributed by atoms with Crippen molar-refractivity contribution in [2.75, 3.05) is 27.2 Å². The lowest BCUT2D eigenvalue weighted by molar-refractivity contribution is -0.158. The maximum Gasteiger partial charge on any atom is 0.329 e. The first-order valence-corrected chi connectivity index (χ1v) is 15.9. The van der Waals surface area contributed by atoms with E-state index >= 15 is 0 Å². The Kier molecular flexibility index (Phi) is 12.2. The van der Waals surface area contributed by atoms with E-state index in [1.165, 1.54) is 6.42 Å². The van der Waals surface area contributed by atoms with E-state index in [9.17, 15) is 19.2 Å². The molecule has 0 bridgehead atoms. The largest absolute Gasteiger partial charge is 0.461 e. The van der Waals surface area contributed by atoms with E-state index in [0.717, 1.165) is 57.9 Å². The van der Waals surface area contributed by atoms with Crippen molar-refractivity contribution < 1.29 is 23.9 Å². The van der Waals surface area contributed by atoms with E-state index in [1.54, 1.807) is 23.8 Å². The highest BCUT2D eigenvalue weighted by atomic mass is 16.5. The number of carbonyl (C=O) groups is 4. The molecular formula is C32H54N4O5. The second-order valence-electron chi connectivity index (χ2n) is 13.1. The molecule has 0 spiro atoms. The van der Waals surface area contributed by atoms with Crippen LogP contribution in [0.3, 0.4) is 0 Å². The third-order valence-corrected chi connectivity index (χ3v) is 9.16. The van der Waals surface area contributed by atoms with Crippen molar-refractivity contribution in [2.24, 2.45) is 11.8 Å². The van der Waals surface area contributed by atoms with E-state index in [1.807, 2.05) is 40.8 Å². The van der Waals surface area contributed by atoms with Crippen molar-refractivity contribution in [3.05, 3.63) is 11.6 Å². The molecule has 1 N–H and O–H groups in total. The number of nitrogens with zero attached hydrogens (tertiary/aromatic N) is 3. The lowest BCUT2D eigenvalue weighted by Crippen LogP contribution is -2.57. The maximum absolute atomic E-state index is 13.8. The molecule has 0 aromatic heterocycles. The van der Waals surface area contributed by atoms with Crippen molar-refractivity contribution >= 4 is 23.7 Å². The fourth-order valence-corrected chi connectivity index (χ4v) is 6.52. The summed E-state index contributed by atoms with van der Waals surface area (Å²) < 4.78 is 5.81. The van der Waals surface area contributed by atoms with Gasteiger partial charge < -0.3 is 19.9 Å². The topological polar surface area (TPSA) is 99.3 Å². The molecule has 3 rings (SSSR count). The number of carbonyl (C=O) groups excluding carboxylic acids is 4. The van der Waals surface area contributed by atoms with Crippen LogP contribution in [0.4, 0.5) is 0 Å². The van der Waals surface area contributed by atoms with Gasteiger partial charge in [-0.3, -0.25) is 19.3 Å². The first-order chi connectivity index (χ1) is 19.4. The third kappa shape index (κ3) is 8.55. The fraction of sp³-hybridized carbons (Fsp3) is 0.812. The first kappa shape index (κ1) is 33.1. The van der Waals surface area contributed by atoms with Crippen molar-refractivity contribution in [3.8, 4) is 0 Å². The van der Waals surface area contributed by atoms with E-state index in [2.05, 4.69) is 10.2 Å². The smallest absolute Gasteiger partial charge is 0.329 e. The van der Waals surface area contributed by atoms with Gasteiger partial charge in [-0.1, -0.05) is 46.6 Å². The minimum atomic E-state index is -0.661. The standard InChI is InChI=1S/C32H54N4O5/c1-21(2)27(35(7)31(39)28(22(3)4)33-29(37)25-16-11-12-18-34(25)6)20-23(5)30(38)36-19-13-17-26(36)32(40)41-24-14-9-8-10-15-24/h20-22,24-28H,8-19H2,1-7H3,(H,33,37)/b23-20+/t25?,26?,27-,28?/m1/s1. The van der Waals surface area contributed by atoms with Gasteiger partial charge in [0.05, 0.1) is 12.1 Å². The minimum Gasteiger partial charge on any atom is -0.461 e. The molecule has 232 valence electrons. The molecule has 9 nitrogen and oxygen atoms in total. The molecule has 2 saturated heterocycles. The maximum atomic E-state index is 13.8. The molecule has 3 unspecified atom stereocenters. The number of likely N-dealkylation sites (tertiary alicyclic amines) is 2. The lowest BCUT2D eigenvalue weighted by Gasteiger charge is -2.36. The molecule has 9 heteroatoms. The Bertz CT molecular complexity index is 958. The number of amides is 3. The molecule has 3 aliphatic rings. The summed E-state index contributed by atoms with van der Waals surface area (Å²) in [4.78, 5) is 58.9. The molecule has 0 radical (unpaired) electrons. The summed E-state index contributed by atoms with van der Waals surface area (Å²) in [7, 11) is 3.71. The summed E-state index contributed by atoms with van der Waals surface area (Å²) in [5.74, 6) is -0.808. The number of piperidine rings is 1. The number of ether oxygens (including phenoxy) is 1. The first-order valence-electron chi connectivity index (χ1n) is 15.9. The third-order valence-electron chi connectivity index (χ3n) is 9.16. The van der Waals surface area contributed by atoms with Gasteiger partial charge >= 0.3 is 5.97 Å². The van der Waals surface area contributed by atoms with Crippen molar-refractivity contribution in [1.29, 1.82) is 0 Å². The Balaban J connectivity index is 1.70. The van der Waals surface area contributed by atoms with Crippen LogP contribution in [0.25, 0.3) is 0 Å². The van der Waals surface area contributed by atoms with Crippen LogP contribution in [0.2, 0.25) is 0 Å². The average Bonchev–Trinajstić information content (AvgIpc) is 3.44. The van der Waals surface area contributed by atoms with Gasteiger partial charge in [0.15, 0.2) is 0 Å². The highest BCUT2D eigenvalue weighted by Crippen LogP contribution is 2.26. The molecule has 41 heavy (non-hydrogen) atoms. The van der Waals surface area contributed by atoms with E-state index in [-0.39, 0.29) is 53.7 Å². The van der Waals surface area contributed by atoms with Crippen LogP contribution in [0.5, 0.6) is 0 Å². The molecule has 1 aliphatic carbocycles. The Morgan fingerprint density at radius 3 is 2.10 bits per heavy atom. The van der Waals surface area contributed by atoms with Gasteiger partial charge in [0.25, 0.3) is 0 Å². The molecule has 0 aromatic rings. The number of hydrogen-bond donors (Lipinski definition) is 1. The van der Waals surface area contributed by atoms with Crippen LogP contribution < -0.4 is 5.32 Å². The fourth-order valence-electron chi connectivity index (χ4n) is 6.52. The molecule has 0 aromatic carbocycles. The van der Waals surface area contributed by atoms with Gasteiger partial charge in [0, 0.05) is 19.2 Å². The summed E-state index contributed by atoms with van der Waals surface area (Å²) in [6.07, 6.45) is 11.2. The number of esters is 1. The Morgan fingerprint density at radius 1 is 0.854 bits per heavy atom. The molecule has 3 amide bonds. The molecular weight excluding hydrogens is 520 g/mol. The average molecular weight is 575 g/mol. The molecule has 1 saturated carbocycles. The van der Waals surface area contributed by atoms with Crippen molar-refractivity contribution in [2.45, 2.75) is 129 Å². The van der Waals surface area contributed by atoms with Crippen LogP contribution in [-0.4, -0.2) is 95.8 Å². The normalized spacial score (nSPS) is 24.3. The Hall–Kier alpha value is -2.42. The second-order valence-corrected chi connectivity index (χ2v) is 13.1. The zero-order valence-corrected chi connectivity index (χ0v) is 26.5. The lowest BCUT2D eigenvalue weighted by atomic mass is 9.96. The monoisotopic (exact) mass is 574 g/mol. The molecule has 2 heterocycles. The minimum absolute atomic E-state index is 0.0327. The molecule has 3 fully saturated rings. The molecule has 4 atom stereocenters. The van der Waals surface area contributed by atoms with Gasteiger partial charge in [0.2, 0.25) is 17.7 Å². The summed E-state index contributed by atoms with van der Waals surface area (Å²) >= 11 is 0. The van der Waals surface area contributed by atoms with Crippen LogP contribution in [-0.2, 0) is 23.9 Å². The van der Waals surface area contributed by atoms with E-state index < -0.39 is 12.1 Å². The van der Waals surface area contributed by atoms with E-state index in [0.29, 0.717) is 18.5 Å². The summed E-state index contributed by atoms with van der Waals surface area (Å²) in [5.41, 5.74) is 0.509. The van der Waals surface area contributed by atoms with Crippen molar-refractivity contribution in [3.63, 3.8) is 0 Å². The number of rotatable bonds is 10. The van der Waals surface area contributed by atoms with Gasteiger partial charge in [-0.05, 0) is 83.7 Å². The summed E-state index contributed by atoms with van der Waals surface area (Å²) in [5, 5.41) is 3.04. The number of nitrogens with one attached hydrogen (secondary N) is 1. The summed E-state index contributed by atoms with van der Waals surface area (Å²) in [6, 6.07) is -1.78. The predicted molar refractivity (Wildman–Crippen MR) is 160 cm³/mol. The number of hydrogen-bond acceptors (Lipinski definition) is 6. The van der Waals surface area contributed by atoms with Gasteiger partial charge in [-0.2, -0.15) is 0 Å². The zero-order valence-electron chi connectivity index (χ0n) is 26.5. The quantitative estimate of drug-likeness (QED) is 0.314. The van der Waals surface area contributed by atoms with Gasteiger partial charge in [0.1, 0.15) is 18.2 Å². The van der Waals surface area contributed by atoms with Crippen molar-refractivity contribution in [1.82, 2.24) is 20.0 Å². The van der Waals surface area contributed by atoms with E-state index in [4.69, 9.17) is 4.74 Å². The predicted octanol–water partition coefficient (Wildman–Crippen LogP) is 3.91. The number of likely N-dealkylation sites (N-methyl/N-ethyl adjacent to an activating group) is 2. The Morgan fingerprint density at radius 2 is 1.49 bits per heavy atom. The van der Waals surface area contributed by atoms with Gasteiger partial charge in [-0.25, -0.2) is 4.79 Å². The highest BCUT2D eigenvalue weighted by molar-refractivity contribution is 5.96. The van der Waals surface area contributed by atoms with Crippen LogP contribution in [0.1, 0.15) is 98.8 Å². The summed E-state index contributed by atoms with van der Waals surface area (Å²) in [6.45, 7) is 11.1. The second kappa shape index (κ2) is 15.2. The van der Waals surface area contributed by atoms with Crippen LogP contribution in [0.15, 0.2) is 11.6 Å². The van der Waals surface area contributed by atoms with Crippen LogP contribution >= 0.6 is 0 Å². The van der Waals surface area contributed by atoms with Gasteiger partial charge in [-0.15, -0.1) is 0 Å². The highest BCUT2D eigenvalue weighted by Gasteiger charge is 2.38. The Labute approximate surface area is 247 Å². The molecule has 2 aliphatic heterocycles. The van der Waals surface area contributed by atoms with Crippen LogP contribution in [0, 0.1) is 11.8 Å².